The molecule has 0 bridgehead atoms. The monoisotopic (exact) mass is 535 g/mol. The fourth-order valence-electron chi connectivity index (χ4n) is 4.03. The molecule has 1 aromatic carbocycles. The Labute approximate surface area is 221 Å². The highest BCUT2D eigenvalue weighted by atomic mass is 35.5. The van der Waals surface area contributed by atoms with Gasteiger partial charge in [0.1, 0.15) is 17.0 Å². The van der Waals surface area contributed by atoms with Crippen LogP contribution in [0.2, 0.25) is 10.2 Å². The second-order valence-corrected chi connectivity index (χ2v) is 9.10. The molecule has 0 radical (unpaired) electrons. The summed E-state index contributed by atoms with van der Waals surface area (Å²) in [5.74, 6) is -0.461. The molecule has 0 saturated carbocycles. The van der Waals surface area contributed by atoms with Gasteiger partial charge in [-0.2, -0.15) is 10.8 Å². The molecule has 3 aromatic heterocycles. The number of nitriles is 1. The molecule has 5 rings (SSSR count). The molecular formula is C25H20Cl2FN9. The topological polar surface area (TPSA) is 123 Å². The van der Waals surface area contributed by atoms with Gasteiger partial charge in [0.25, 0.3) is 0 Å². The van der Waals surface area contributed by atoms with Crippen molar-refractivity contribution in [2.75, 3.05) is 10.6 Å². The Morgan fingerprint density at radius 1 is 1.05 bits per heavy atom. The van der Waals surface area contributed by atoms with Gasteiger partial charge in [-0.15, -0.1) is 0 Å². The van der Waals surface area contributed by atoms with E-state index in [2.05, 4.69) is 48.0 Å². The van der Waals surface area contributed by atoms with Crippen LogP contribution < -0.4 is 27.0 Å². The summed E-state index contributed by atoms with van der Waals surface area (Å²) in [7, 11) is 0. The van der Waals surface area contributed by atoms with Crippen molar-refractivity contribution in [2.45, 2.75) is 19.9 Å². The number of anilines is 3. The zero-order valence-electron chi connectivity index (χ0n) is 19.6. The second kappa shape index (κ2) is 10.1. The number of hydrogen-bond acceptors (Lipinski definition) is 9. The van der Waals surface area contributed by atoms with E-state index in [9.17, 15) is 9.65 Å². The lowest BCUT2D eigenvalue weighted by Crippen LogP contribution is -2.34. The van der Waals surface area contributed by atoms with Crippen molar-refractivity contribution in [1.82, 2.24) is 31.3 Å². The van der Waals surface area contributed by atoms with Crippen LogP contribution in [0.25, 0.3) is 10.9 Å². The van der Waals surface area contributed by atoms with Crippen LogP contribution in [-0.2, 0) is 0 Å². The summed E-state index contributed by atoms with van der Waals surface area (Å²) in [5, 5.41) is 17.7. The molecule has 0 aliphatic carbocycles. The first-order valence-corrected chi connectivity index (χ1v) is 11.9. The predicted octanol–water partition coefficient (Wildman–Crippen LogP) is 5.31. The SMILES string of the molecule is Cc1ncc(Nc2c(C#N)cnc3c(Cl)cc(N[C@H](C4=CNNN4)c4ccc(Cl)nc4C)cc23)cc1F. The van der Waals surface area contributed by atoms with E-state index in [1.54, 1.807) is 25.3 Å². The normalized spacial score (nSPS) is 13.4. The Morgan fingerprint density at radius 3 is 2.59 bits per heavy atom. The molecule has 4 aromatic rings. The number of rotatable bonds is 6. The van der Waals surface area contributed by atoms with Gasteiger partial charge in [-0.3, -0.25) is 9.97 Å². The fraction of sp³-hybridized carbons (Fsp3) is 0.120. The number of pyridine rings is 3. The third-order valence-electron chi connectivity index (χ3n) is 5.87. The Kier molecular flexibility index (Phi) is 6.67. The molecule has 1 atom stereocenters. The van der Waals surface area contributed by atoms with Crippen LogP contribution in [0.4, 0.5) is 21.5 Å². The second-order valence-electron chi connectivity index (χ2n) is 8.31. The Balaban J connectivity index is 1.61. The molecule has 12 heteroatoms. The molecule has 1 aliphatic rings. The number of nitrogens with one attached hydrogen (secondary N) is 5. The van der Waals surface area contributed by atoms with Crippen LogP contribution >= 0.6 is 23.2 Å². The van der Waals surface area contributed by atoms with E-state index in [0.717, 1.165) is 17.0 Å². The average Bonchev–Trinajstić information content (AvgIpc) is 3.40. The minimum Gasteiger partial charge on any atom is -0.373 e. The van der Waals surface area contributed by atoms with Crippen LogP contribution in [-0.4, -0.2) is 15.0 Å². The van der Waals surface area contributed by atoms with Gasteiger partial charge >= 0.3 is 0 Å². The zero-order chi connectivity index (χ0) is 26.1. The summed E-state index contributed by atoms with van der Waals surface area (Å²) in [6.07, 6.45) is 4.72. The molecule has 9 nitrogen and oxygen atoms in total. The lowest BCUT2D eigenvalue weighted by Gasteiger charge is -2.23. The predicted molar refractivity (Wildman–Crippen MR) is 142 cm³/mol. The van der Waals surface area contributed by atoms with Crippen LogP contribution in [0.15, 0.2) is 54.6 Å². The molecule has 4 heterocycles. The van der Waals surface area contributed by atoms with Gasteiger partial charge in [0.15, 0.2) is 0 Å². The minimum absolute atomic E-state index is 0.268. The largest absolute Gasteiger partial charge is 0.373 e. The molecule has 0 amide bonds. The summed E-state index contributed by atoms with van der Waals surface area (Å²) in [5.41, 5.74) is 13.8. The van der Waals surface area contributed by atoms with Crippen molar-refractivity contribution in [2.24, 2.45) is 0 Å². The smallest absolute Gasteiger partial charge is 0.146 e. The first kappa shape index (κ1) is 24.5. The highest BCUT2D eigenvalue weighted by molar-refractivity contribution is 6.36. The Morgan fingerprint density at radius 2 is 1.89 bits per heavy atom. The number of hydrogen-bond donors (Lipinski definition) is 5. The van der Waals surface area contributed by atoms with E-state index < -0.39 is 5.82 Å². The average molecular weight is 536 g/mol. The molecule has 0 saturated heterocycles. The van der Waals surface area contributed by atoms with Gasteiger partial charge in [0, 0.05) is 40.8 Å². The molecule has 1 aliphatic heterocycles. The van der Waals surface area contributed by atoms with Gasteiger partial charge in [0.2, 0.25) is 0 Å². The number of benzene rings is 1. The quantitative estimate of drug-likeness (QED) is 0.209. The molecule has 0 unspecified atom stereocenters. The van der Waals surface area contributed by atoms with Crippen molar-refractivity contribution < 1.29 is 4.39 Å². The van der Waals surface area contributed by atoms with Crippen molar-refractivity contribution in [3.05, 3.63) is 93.1 Å². The number of aromatic nitrogens is 3. The number of halogens is 3. The highest BCUT2D eigenvalue weighted by Crippen LogP contribution is 2.37. The van der Waals surface area contributed by atoms with E-state index in [4.69, 9.17) is 23.2 Å². The molecular weight excluding hydrogens is 516 g/mol. The van der Waals surface area contributed by atoms with Gasteiger partial charge in [-0.25, -0.2) is 9.37 Å². The number of aryl methyl sites for hydroxylation is 2. The van der Waals surface area contributed by atoms with Gasteiger partial charge in [-0.1, -0.05) is 29.3 Å². The first-order valence-electron chi connectivity index (χ1n) is 11.1. The van der Waals surface area contributed by atoms with E-state index in [1.807, 2.05) is 19.1 Å². The third kappa shape index (κ3) is 4.93. The molecule has 186 valence electrons. The van der Waals surface area contributed by atoms with Gasteiger partial charge in [0.05, 0.1) is 51.1 Å². The van der Waals surface area contributed by atoms with Crippen LogP contribution in [0.3, 0.4) is 0 Å². The van der Waals surface area contributed by atoms with E-state index >= 15 is 0 Å². The summed E-state index contributed by atoms with van der Waals surface area (Å²) < 4.78 is 14.2. The van der Waals surface area contributed by atoms with Crippen molar-refractivity contribution in [1.29, 1.82) is 5.26 Å². The van der Waals surface area contributed by atoms with Crippen LogP contribution in [0, 0.1) is 31.0 Å². The Bertz CT molecular complexity index is 1600. The summed E-state index contributed by atoms with van der Waals surface area (Å²) >= 11 is 12.7. The van der Waals surface area contributed by atoms with Gasteiger partial charge < -0.3 is 21.5 Å². The summed E-state index contributed by atoms with van der Waals surface area (Å²) in [6.45, 7) is 3.45. The Hall–Kier alpha value is -4.17. The molecule has 5 N–H and O–H groups in total. The number of nitrogens with zero attached hydrogens (tertiary/aromatic N) is 4. The maximum Gasteiger partial charge on any atom is 0.146 e. The third-order valence-corrected chi connectivity index (χ3v) is 6.37. The lowest BCUT2D eigenvalue weighted by molar-refractivity contribution is 0.582. The standard InChI is InChI=1S/C25H20Cl2FN9/c1-12-17(3-4-22(27)33-12)25(21-11-32-37-36-21)34-15-5-18-23(35-16-7-20(28)13(2)30-10-16)14(8-29)9-31-24(18)19(26)6-15/h3-7,9-11,25,32,34,36-37H,1-2H3,(H,31,35)/t25-/m0/s1. The summed E-state index contributed by atoms with van der Waals surface area (Å²) in [4.78, 5) is 12.8. The highest BCUT2D eigenvalue weighted by Gasteiger charge is 2.23. The van der Waals surface area contributed by atoms with Crippen LogP contribution in [0.1, 0.15) is 28.6 Å². The maximum absolute atomic E-state index is 14.2. The summed E-state index contributed by atoms with van der Waals surface area (Å²) in [6, 6.07) is 10.3. The van der Waals surface area contributed by atoms with E-state index in [1.165, 1.54) is 18.5 Å². The van der Waals surface area contributed by atoms with Crippen molar-refractivity contribution >= 4 is 51.2 Å². The lowest BCUT2D eigenvalue weighted by atomic mass is 10.0. The first-order chi connectivity index (χ1) is 17.8. The molecule has 0 spiro atoms. The van der Waals surface area contributed by atoms with Gasteiger partial charge in [-0.05, 0) is 32.0 Å². The number of hydrazine groups is 2. The fourth-order valence-corrected chi connectivity index (χ4v) is 4.49. The molecule has 0 fully saturated rings. The minimum atomic E-state index is -0.461. The van der Waals surface area contributed by atoms with E-state index in [-0.39, 0.29) is 17.3 Å². The van der Waals surface area contributed by atoms with E-state index in [0.29, 0.717) is 38.1 Å². The molecule has 37 heavy (non-hydrogen) atoms. The number of fused-ring (bicyclic) bond motifs is 1. The maximum atomic E-state index is 14.2. The zero-order valence-corrected chi connectivity index (χ0v) is 21.1. The van der Waals surface area contributed by atoms with Crippen LogP contribution in [0.5, 0.6) is 0 Å². The van der Waals surface area contributed by atoms with Crippen molar-refractivity contribution in [3.8, 4) is 6.07 Å². The van der Waals surface area contributed by atoms with Crippen molar-refractivity contribution in [3.63, 3.8) is 0 Å².